The van der Waals surface area contributed by atoms with Crippen LogP contribution in [0.2, 0.25) is 0 Å². The van der Waals surface area contributed by atoms with Gasteiger partial charge >= 0.3 is 0 Å². The molecule has 2 heterocycles. The van der Waals surface area contributed by atoms with Crippen LogP contribution in [0.1, 0.15) is 12.5 Å². The van der Waals surface area contributed by atoms with Gasteiger partial charge < -0.3 is 20.1 Å². The smallest absolute Gasteiger partial charge is 0.225 e. The number of rotatable bonds is 5. The van der Waals surface area contributed by atoms with Crippen molar-refractivity contribution in [3.05, 3.63) is 18.0 Å². The van der Waals surface area contributed by atoms with Gasteiger partial charge in [0.2, 0.25) is 5.95 Å². The molecule has 0 aromatic carbocycles. The van der Waals surface area contributed by atoms with Gasteiger partial charge in [-0.15, -0.1) is 0 Å². The van der Waals surface area contributed by atoms with Crippen LogP contribution in [0.5, 0.6) is 0 Å². The molecule has 1 aromatic rings. The molecule has 1 aliphatic rings. The molecule has 1 fully saturated rings. The van der Waals surface area contributed by atoms with E-state index in [1.807, 2.05) is 19.3 Å². The van der Waals surface area contributed by atoms with Crippen molar-refractivity contribution in [3.8, 4) is 0 Å². The van der Waals surface area contributed by atoms with Gasteiger partial charge in [0, 0.05) is 45.7 Å². The minimum Gasteiger partial charge on any atom is -0.377 e. The van der Waals surface area contributed by atoms with Crippen LogP contribution in [-0.2, 0) is 15.9 Å². The Balaban J connectivity index is 2.03. The third-order valence-corrected chi connectivity index (χ3v) is 3.35. The Bertz CT molecular complexity index is 384. The van der Waals surface area contributed by atoms with E-state index < -0.39 is 0 Å². The Hall–Kier alpha value is -1.24. The molecule has 0 bridgehead atoms. The molecule has 0 radical (unpaired) electrons. The zero-order valence-electron chi connectivity index (χ0n) is 11.7. The number of aromatic nitrogens is 2. The van der Waals surface area contributed by atoms with Gasteiger partial charge in [-0.2, -0.15) is 0 Å². The standard InChI is InChI=1S/C13H22N4O2/c1-9(14)4-10-5-15-13(16-6-10)17-7-11(18-2)12(8-17)19-3/h5-6,9,11-12H,4,7-8,14H2,1-3H3. The van der Waals surface area contributed by atoms with Crippen molar-refractivity contribution in [2.75, 3.05) is 32.2 Å². The number of methoxy groups -OCH3 is 2. The highest BCUT2D eigenvalue weighted by atomic mass is 16.5. The van der Waals surface area contributed by atoms with Crippen LogP contribution >= 0.6 is 0 Å². The number of hydrogen-bond donors (Lipinski definition) is 1. The third kappa shape index (κ3) is 3.40. The van der Waals surface area contributed by atoms with Crippen molar-refractivity contribution in [2.24, 2.45) is 5.73 Å². The van der Waals surface area contributed by atoms with Crippen molar-refractivity contribution < 1.29 is 9.47 Å². The van der Waals surface area contributed by atoms with Crippen molar-refractivity contribution in [3.63, 3.8) is 0 Å². The van der Waals surface area contributed by atoms with Gasteiger partial charge in [-0.25, -0.2) is 9.97 Å². The lowest BCUT2D eigenvalue weighted by molar-refractivity contribution is -0.00461. The van der Waals surface area contributed by atoms with Crippen LogP contribution in [-0.4, -0.2) is 55.5 Å². The van der Waals surface area contributed by atoms with Gasteiger partial charge in [-0.3, -0.25) is 0 Å². The number of nitrogens with zero attached hydrogens (tertiary/aromatic N) is 3. The van der Waals surface area contributed by atoms with Crippen LogP contribution < -0.4 is 10.6 Å². The highest BCUT2D eigenvalue weighted by Crippen LogP contribution is 2.20. The fourth-order valence-electron chi connectivity index (χ4n) is 2.35. The third-order valence-electron chi connectivity index (χ3n) is 3.35. The van der Waals surface area contributed by atoms with E-state index in [0.29, 0.717) is 0 Å². The summed E-state index contributed by atoms with van der Waals surface area (Å²) in [7, 11) is 3.40. The molecule has 1 saturated heterocycles. The second-order valence-corrected chi connectivity index (χ2v) is 5.03. The molecule has 1 aromatic heterocycles. The average Bonchev–Trinajstić information content (AvgIpc) is 2.82. The fraction of sp³-hybridized carbons (Fsp3) is 0.692. The van der Waals surface area contributed by atoms with E-state index in [0.717, 1.165) is 31.0 Å². The topological polar surface area (TPSA) is 73.5 Å². The molecule has 19 heavy (non-hydrogen) atoms. The van der Waals surface area contributed by atoms with Gasteiger partial charge in [0.15, 0.2) is 0 Å². The lowest BCUT2D eigenvalue weighted by Gasteiger charge is -2.15. The Morgan fingerprint density at radius 3 is 2.21 bits per heavy atom. The molecule has 2 rings (SSSR count). The predicted molar refractivity (Wildman–Crippen MR) is 73.2 cm³/mol. The lowest BCUT2D eigenvalue weighted by atomic mass is 10.1. The Labute approximate surface area is 113 Å². The predicted octanol–water partition coefficient (Wildman–Crippen LogP) is 0.216. The summed E-state index contributed by atoms with van der Waals surface area (Å²) >= 11 is 0. The molecule has 106 valence electrons. The first-order valence-corrected chi connectivity index (χ1v) is 6.51. The largest absolute Gasteiger partial charge is 0.377 e. The minimum atomic E-state index is 0.0670. The van der Waals surface area contributed by atoms with Crippen LogP contribution in [0, 0.1) is 0 Å². The van der Waals surface area contributed by atoms with Gasteiger partial charge in [0.25, 0.3) is 0 Å². The average molecular weight is 266 g/mol. The lowest BCUT2D eigenvalue weighted by Crippen LogP contribution is -2.27. The van der Waals surface area contributed by atoms with Crippen molar-refractivity contribution in [1.82, 2.24) is 9.97 Å². The van der Waals surface area contributed by atoms with Crippen molar-refractivity contribution >= 4 is 5.95 Å². The molecule has 2 N–H and O–H groups in total. The Morgan fingerprint density at radius 1 is 1.26 bits per heavy atom. The SMILES string of the molecule is COC1CN(c2ncc(CC(C)N)cn2)CC1OC. The molecule has 0 spiro atoms. The maximum absolute atomic E-state index is 5.76. The van der Waals surface area contributed by atoms with Gasteiger partial charge in [-0.1, -0.05) is 0 Å². The Morgan fingerprint density at radius 2 is 1.79 bits per heavy atom. The van der Waals surface area contributed by atoms with E-state index in [1.165, 1.54) is 0 Å². The molecule has 6 heteroatoms. The molecule has 0 amide bonds. The molecular formula is C13H22N4O2. The molecule has 3 atom stereocenters. The maximum Gasteiger partial charge on any atom is 0.225 e. The summed E-state index contributed by atoms with van der Waals surface area (Å²) in [5, 5.41) is 0. The van der Waals surface area contributed by atoms with Crippen LogP contribution in [0.15, 0.2) is 12.4 Å². The number of ether oxygens (including phenoxy) is 2. The van der Waals surface area contributed by atoms with Crippen LogP contribution in [0.25, 0.3) is 0 Å². The first-order valence-electron chi connectivity index (χ1n) is 6.51. The van der Waals surface area contributed by atoms with Gasteiger partial charge in [0.1, 0.15) is 12.2 Å². The van der Waals surface area contributed by atoms with Gasteiger partial charge in [-0.05, 0) is 18.9 Å². The second-order valence-electron chi connectivity index (χ2n) is 5.03. The van der Waals surface area contributed by atoms with E-state index >= 15 is 0 Å². The first kappa shape index (κ1) is 14.2. The second kappa shape index (κ2) is 6.27. The van der Waals surface area contributed by atoms with Crippen molar-refractivity contribution in [2.45, 2.75) is 31.6 Å². The number of hydrogen-bond acceptors (Lipinski definition) is 6. The van der Waals surface area contributed by atoms with Crippen molar-refractivity contribution in [1.29, 1.82) is 0 Å². The summed E-state index contributed by atoms with van der Waals surface area (Å²) in [5.74, 6) is 0.718. The first-order chi connectivity index (χ1) is 9.13. The molecule has 6 nitrogen and oxygen atoms in total. The van der Waals surface area contributed by atoms with Crippen LogP contribution in [0.4, 0.5) is 5.95 Å². The summed E-state index contributed by atoms with van der Waals surface area (Å²) < 4.78 is 10.8. The summed E-state index contributed by atoms with van der Waals surface area (Å²) in [5.41, 5.74) is 6.82. The molecular weight excluding hydrogens is 244 g/mol. The summed E-state index contributed by atoms with van der Waals surface area (Å²) in [6.07, 6.45) is 4.61. The highest BCUT2D eigenvalue weighted by molar-refractivity contribution is 5.33. The fourth-order valence-corrected chi connectivity index (χ4v) is 2.35. The minimum absolute atomic E-state index is 0.0670. The number of nitrogens with two attached hydrogens (primary N) is 1. The molecule has 0 aliphatic carbocycles. The van der Waals surface area contributed by atoms with E-state index in [1.54, 1.807) is 14.2 Å². The maximum atomic E-state index is 5.76. The van der Waals surface area contributed by atoms with E-state index in [9.17, 15) is 0 Å². The monoisotopic (exact) mass is 266 g/mol. The highest BCUT2D eigenvalue weighted by Gasteiger charge is 2.34. The molecule has 3 unspecified atom stereocenters. The van der Waals surface area contributed by atoms with E-state index in [-0.39, 0.29) is 18.2 Å². The normalized spacial score (nSPS) is 24.7. The summed E-state index contributed by atoms with van der Waals surface area (Å²) in [6, 6.07) is 0.122. The van der Waals surface area contributed by atoms with E-state index in [4.69, 9.17) is 15.2 Å². The van der Waals surface area contributed by atoms with Gasteiger partial charge in [0.05, 0.1) is 0 Å². The Kier molecular flexibility index (Phi) is 4.68. The van der Waals surface area contributed by atoms with E-state index in [2.05, 4.69) is 14.9 Å². The molecule has 0 saturated carbocycles. The zero-order valence-corrected chi connectivity index (χ0v) is 11.7. The quantitative estimate of drug-likeness (QED) is 0.821. The molecule has 1 aliphatic heterocycles. The number of anilines is 1. The van der Waals surface area contributed by atoms with Crippen LogP contribution in [0.3, 0.4) is 0 Å². The summed E-state index contributed by atoms with van der Waals surface area (Å²) in [6.45, 7) is 3.48. The summed E-state index contributed by atoms with van der Waals surface area (Å²) in [4.78, 5) is 10.9. The zero-order chi connectivity index (χ0) is 13.8.